The van der Waals surface area contributed by atoms with E-state index in [1.54, 1.807) is 48.5 Å². The molecule has 9 heteroatoms. The van der Waals surface area contributed by atoms with E-state index in [1.807, 2.05) is 6.92 Å². The molecule has 0 bridgehead atoms. The van der Waals surface area contributed by atoms with Crippen LogP contribution in [0.15, 0.2) is 47.4 Å². The van der Waals surface area contributed by atoms with Crippen LogP contribution < -0.4 is 15.2 Å². The van der Waals surface area contributed by atoms with Crippen molar-refractivity contribution in [2.24, 2.45) is 5.73 Å². The Balaban J connectivity index is 1.79. The van der Waals surface area contributed by atoms with E-state index in [9.17, 15) is 14.4 Å². The second kappa shape index (κ2) is 9.69. The molecule has 0 spiro atoms. The molecule has 156 valence electrons. The van der Waals surface area contributed by atoms with Crippen molar-refractivity contribution in [3.63, 3.8) is 0 Å². The predicted octanol–water partition coefficient (Wildman–Crippen LogP) is 3.84. The fourth-order valence-corrected chi connectivity index (χ4v) is 3.68. The third-order valence-electron chi connectivity index (χ3n) is 4.06. The van der Waals surface area contributed by atoms with Gasteiger partial charge in [0.1, 0.15) is 0 Å². The third-order valence-corrected chi connectivity index (χ3v) is 5.22. The van der Waals surface area contributed by atoms with E-state index in [-0.39, 0.29) is 24.3 Å². The first-order valence-corrected chi connectivity index (χ1v) is 10.2. The van der Waals surface area contributed by atoms with Crippen molar-refractivity contribution < 1.29 is 23.9 Å². The molecule has 0 unspecified atom stereocenters. The molecule has 1 aliphatic heterocycles. The number of nitrogens with zero attached hydrogens (tertiary/aromatic N) is 1. The number of primary amides is 1. The molecule has 3 rings (SSSR count). The van der Waals surface area contributed by atoms with Crippen molar-refractivity contribution in [1.29, 1.82) is 0 Å². The Kier molecular flexibility index (Phi) is 7.02. The Morgan fingerprint density at radius 3 is 2.53 bits per heavy atom. The molecule has 2 aromatic carbocycles. The van der Waals surface area contributed by atoms with Gasteiger partial charge in [-0.05, 0) is 60.2 Å². The van der Waals surface area contributed by atoms with E-state index in [2.05, 4.69) is 0 Å². The average Bonchev–Trinajstić information content (AvgIpc) is 2.96. The molecule has 30 heavy (non-hydrogen) atoms. The summed E-state index contributed by atoms with van der Waals surface area (Å²) in [6, 6.07) is 12.0. The van der Waals surface area contributed by atoms with E-state index >= 15 is 0 Å². The highest BCUT2D eigenvalue weighted by Gasteiger charge is 2.35. The number of hydrogen-bond acceptors (Lipinski definition) is 6. The lowest BCUT2D eigenvalue weighted by Gasteiger charge is -2.12. The molecule has 1 saturated heterocycles. The quantitative estimate of drug-likeness (QED) is 0.618. The van der Waals surface area contributed by atoms with Crippen molar-refractivity contribution in [2.45, 2.75) is 13.5 Å². The van der Waals surface area contributed by atoms with Crippen LogP contribution in [0.25, 0.3) is 6.08 Å². The number of halogens is 1. The number of imide groups is 1. The number of rotatable bonds is 8. The number of ether oxygens (including phenoxy) is 2. The highest BCUT2D eigenvalue weighted by molar-refractivity contribution is 8.18. The Labute approximate surface area is 182 Å². The van der Waals surface area contributed by atoms with E-state index in [0.29, 0.717) is 33.6 Å². The van der Waals surface area contributed by atoms with Crippen molar-refractivity contribution in [2.75, 3.05) is 13.2 Å². The summed E-state index contributed by atoms with van der Waals surface area (Å²) in [5, 5.41) is 0.244. The van der Waals surface area contributed by atoms with Gasteiger partial charge in [-0.2, -0.15) is 0 Å². The minimum absolute atomic E-state index is 0.170. The molecular formula is C21H19ClN2O5S. The topological polar surface area (TPSA) is 98.9 Å². The van der Waals surface area contributed by atoms with E-state index in [4.69, 9.17) is 26.8 Å². The smallest absolute Gasteiger partial charge is 0.293 e. The SMILES string of the molecule is CCOc1cc(/C=C2\SC(=O)N(Cc3ccc(Cl)cc3)C2=O)ccc1OCC(N)=O. The van der Waals surface area contributed by atoms with Gasteiger partial charge in [-0.3, -0.25) is 19.3 Å². The van der Waals surface area contributed by atoms with Crippen LogP contribution in [0, 0.1) is 0 Å². The van der Waals surface area contributed by atoms with Crippen LogP contribution >= 0.6 is 23.4 Å². The third kappa shape index (κ3) is 5.34. The highest BCUT2D eigenvalue weighted by Crippen LogP contribution is 2.35. The zero-order chi connectivity index (χ0) is 21.7. The molecule has 1 aliphatic rings. The zero-order valence-electron chi connectivity index (χ0n) is 16.1. The van der Waals surface area contributed by atoms with E-state index in [1.165, 1.54) is 4.90 Å². The minimum Gasteiger partial charge on any atom is -0.490 e. The van der Waals surface area contributed by atoms with Crippen LogP contribution in [0.3, 0.4) is 0 Å². The second-order valence-electron chi connectivity index (χ2n) is 6.29. The summed E-state index contributed by atoms with van der Waals surface area (Å²) < 4.78 is 10.9. The lowest BCUT2D eigenvalue weighted by molar-refractivity contribution is -0.123. The summed E-state index contributed by atoms with van der Waals surface area (Å²) in [5.74, 6) is -0.195. The number of benzene rings is 2. The summed E-state index contributed by atoms with van der Waals surface area (Å²) in [6.45, 7) is 2.09. The van der Waals surface area contributed by atoms with Crippen LogP contribution in [0.2, 0.25) is 5.02 Å². The van der Waals surface area contributed by atoms with Gasteiger partial charge in [0.25, 0.3) is 17.1 Å². The number of carbonyl (C=O) groups excluding carboxylic acids is 3. The lowest BCUT2D eigenvalue weighted by Crippen LogP contribution is -2.27. The van der Waals surface area contributed by atoms with Crippen LogP contribution in [-0.2, 0) is 16.1 Å². The van der Waals surface area contributed by atoms with Gasteiger partial charge in [-0.1, -0.05) is 29.8 Å². The molecule has 7 nitrogen and oxygen atoms in total. The van der Waals surface area contributed by atoms with Crippen molar-refractivity contribution in [3.8, 4) is 11.5 Å². The molecule has 3 amide bonds. The number of hydrogen-bond donors (Lipinski definition) is 1. The highest BCUT2D eigenvalue weighted by atomic mass is 35.5. The van der Waals surface area contributed by atoms with Crippen molar-refractivity contribution >= 4 is 46.5 Å². The predicted molar refractivity (Wildman–Crippen MR) is 115 cm³/mol. The molecule has 1 heterocycles. The Bertz CT molecular complexity index is 1010. The zero-order valence-corrected chi connectivity index (χ0v) is 17.7. The number of carbonyl (C=O) groups is 3. The average molecular weight is 447 g/mol. The van der Waals surface area contributed by atoms with Crippen molar-refractivity contribution in [3.05, 3.63) is 63.5 Å². The fourth-order valence-electron chi connectivity index (χ4n) is 2.71. The first-order valence-electron chi connectivity index (χ1n) is 9.05. The molecule has 0 aromatic heterocycles. The first kappa shape index (κ1) is 21.7. The van der Waals surface area contributed by atoms with Crippen LogP contribution in [0.4, 0.5) is 4.79 Å². The fraction of sp³-hybridized carbons (Fsp3) is 0.190. The number of amides is 3. The van der Waals surface area contributed by atoms with Gasteiger partial charge >= 0.3 is 0 Å². The van der Waals surface area contributed by atoms with Crippen molar-refractivity contribution in [1.82, 2.24) is 4.90 Å². The van der Waals surface area contributed by atoms with Gasteiger partial charge < -0.3 is 15.2 Å². The Morgan fingerprint density at radius 1 is 1.13 bits per heavy atom. The molecule has 1 fully saturated rings. The van der Waals surface area contributed by atoms with Crippen LogP contribution in [0.1, 0.15) is 18.1 Å². The molecule has 2 N–H and O–H groups in total. The molecule has 0 aliphatic carbocycles. The summed E-state index contributed by atoms with van der Waals surface area (Å²) in [6.07, 6.45) is 1.62. The van der Waals surface area contributed by atoms with E-state index in [0.717, 1.165) is 17.3 Å². The molecule has 0 saturated carbocycles. The number of thioether (sulfide) groups is 1. The van der Waals surface area contributed by atoms with Gasteiger partial charge in [0.2, 0.25) is 0 Å². The maximum absolute atomic E-state index is 12.7. The first-order chi connectivity index (χ1) is 14.4. The standard InChI is InChI=1S/C21H19ClN2O5S/c1-2-28-17-9-14(5-8-16(17)29-12-19(23)25)10-18-20(26)24(21(27)30-18)11-13-3-6-15(22)7-4-13/h3-10H,2,11-12H2,1H3,(H2,23,25)/b18-10-. The van der Waals surface area contributed by atoms with E-state index < -0.39 is 5.91 Å². The maximum atomic E-state index is 12.7. The Hall–Kier alpha value is -2.97. The van der Waals surface area contributed by atoms with Crippen LogP contribution in [0.5, 0.6) is 11.5 Å². The molecule has 2 aromatic rings. The second-order valence-corrected chi connectivity index (χ2v) is 7.72. The summed E-state index contributed by atoms with van der Waals surface area (Å²) in [4.78, 5) is 37.5. The minimum atomic E-state index is -0.601. The molecule has 0 atom stereocenters. The van der Waals surface area contributed by atoms with Crippen LogP contribution in [-0.4, -0.2) is 35.2 Å². The summed E-state index contributed by atoms with van der Waals surface area (Å²) in [5.41, 5.74) is 6.57. The summed E-state index contributed by atoms with van der Waals surface area (Å²) in [7, 11) is 0. The van der Waals surface area contributed by atoms with Gasteiger partial charge in [0.05, 0.1) is 18.1 Å². The van der Waals surface area contributed by atoms with Gasteiger partial charge in [0, 0.05) is 5.02 Å². The van der Waals surface area contributed by atoms with Gasteiger partial charge in [0.15, 0.2) is 18.1 Å². The van der Waals surface area contributed by atoms with Gasteiger partial charge in [-0.15, -0.1) is 0 Å². The molecule has 0 radical (unpaired) electrons. The Morgan fingerprint density at radius 2 is 1.87 bits per heavy atom. The normalized spacial score (nSPS) is 15.0. The monoisotopic (exact) mass is 446 g/mol. The molecular weight excluding hydrogens is 428 g/mol. The largest absolute Gasteiger partial charge is 0.490 e. The summed E-state index contributed by atoms with van der Waals surface area (Å²) >= 11 is 6.75. The number of nitrogens with two attached hydrogens (primary N) is 1. The lowest BCUT2D eigenvalue weighted by atomic mass is 10.1. The van der Waals surface area contributed by atoms with Gasteiger partial charge in [-0.25, -0.2) is 0 Å². The maximum Gasteiger partial charge on any atom is 0.293 e.